The average molecular weight is 1270 g/mol. The first-order valence-electron chi connectivity index (χ1n) is 35.3. The Morgan fingerprint density at radius 1 is 0.446 bits per heavy atom. The number of benzene rings is 2. The largest absolute Gasteiger partial charge is 0.508 e. The van der Waals surface area contributed by atoms with Gasteiger partial charge < -0.3 is 40.1 Å². The minimum atomic E-state index is -0.831. The molecule has 8 saturated carbocycles. The number of aromatic hydroxyl groups is 2. The van der Waals surface area contributed by atoms with E-state index in [1.807, 2.05) is 0 Å². The van der Waals surface area contributed by atoms with Crippen LogP contribution in [0, 0.1) is 99.5 Å². The molecule has 16 atom stereocenters. The lowest BCUT2D eigenvalue weighted by molar-refractivity contribution is -0.224. The van der Waals surface area contributed by atoms with Crippen molar-refractivity contribution in [1.82, 2.24) is 0 Å². The zero-order valence-electron chi connectivity index (χ0n) is 58.2. The lowest BCUT2D eigenvalue weighted by Crippen LogP contribution is -2.68. The summed E-state index contributed by atoms with van der Waals surface area (Å²) in [5, 5.41) is 63.5. The molecule has 12 rings (SSSR count). The lowest BCUT2D eigenvalue weighted by atomic mass is 9.31. The number of carbonyl (C=O) groups excluding carboxylic acids is 2. The maximum atomic E-state index is 13.4. The standard InChI is InChI=1S/2C40H56O6/c2*1-34(2)20-21-39(33(44)45)22-23-40(25-46-32(43)15-10-26-8-11-27(41)12-9-26)30(38(39,7)24-34)14-13-29-36(5)18-17-31(42)35(3,4)28(36)16-19-37(29,40)6/h2*8-12,14-15,28-29,31,41-42H,13,16-25H2,1-7H3,(H,44,45)/b15-10+;15-10-/t2*28-,29+,31-,36-,37+,38-,39+,40-/m00/s1. The van der Waals surface area contributed by atoms with Crippen molar-refractivity contribution in [1.29, 1.82) is 0 Å². The summed E-state index contributed by atoms with van der Waals surface area (Å²) in [7, 11) is 0. The second kappa shape index (κ2) is 22.7. The number of rotatable bonds is 10. The molecule has 0 aromatic heterocycles. The van der Waals surface area contributed by atoms with E-state index in [0.717, 1.165) is 101 Å². The van der Waals surface area contributed by atoms with Crippen LogP contribution in [0.3, 0.4) is 0 Å². The summed E-state index contributed by atoms with van der Waals surface area (Å²) in [6.45, 7) is 32.9. The Balaban J connectivity index is 0.000000188. The van der Waals surface area contributed by atoms with Crippen molar-refractivity contribution < 1.29 is 59.3 Å². The fourth-order valence-corrected chi connectivity index (χ4v) is 25.1. The van der Waals surface area contributed by atoms with E-state index in [-0.39, 0.29) is 80.2 Å². The molecule has 0 amide bonds. The fraction of sp³-hybridized carbons (Fsp3) is 0.700. The molecule has 2 aromatic carbocycles. The van der Waals surface area contributed by atoms with Gasteiger partial charge >= 0.3 is 23.9 Å². The van der Waals surface area contributed by atoms with Crippen molar-refractivity contribution in [2.24, 2.45) is 99.5 Å². The van der Waals surface area contributed by atoms with E-state index in [1.165, 1.54) is 23.3 Å². The molecule has 0 bridgehead atoms. The van der Waals surface area contributed by atoms with Crippen LogP contribution >= 0.6 is 0 Å². The number of carboxylic acid groups (broad SMARTS) is 2. The van der Waals surface area contributed by atoms with Gasteiger partial charge in [0.15, 0.2) is 0 Å². The first kappa shape index (κ1) is 68.2. The summed E-state index contributed by atoms with van der Waals surface area (Å²) in [6.07, 6.45) is 27.1. The van der Waals surface area contributed by atoms with E-state index in [0.29, 0.717) is 62.2 Å². The molecule has 10 aliphatic rings. The number of hydrogen-bond acceptors (Lipinski definition) is 10. The first-order chi connectivity index (χ1) is 42.7. The quantitative estimate of drug-likeness (QED) is 0.0746. The van der Waals surface area contributed by atoms with E-state index in [9.17, 15) is 49.8 Å². The third kappa shape index (κ3) is 10.1. The molecule has 0 spiro atoms. The van der Waals surface area contributed by atoms with Crippen molar-refractivity contribution in [3.63, 3.8) is 0 Å². The highest BCUT2D eigenvalue weighted by Gasteiger charge is 2.76. The van der Waals surface area contributed by atoms with E-state index in [4.69, 9.17) is 9.47 Å². The Kier molecular flexibility index (Phi) is 16.8. The molecule has 8 fully saturated rings. The number of aliphatic hydroxyl groups excluding tert-OH is 2. The number of phenolic OH excluding ortho intramolecular Hbond substituents is 2. The Bertz CT molecular complexity index is 3130. The zero-order valence-corrected chi connectivity index (χ0v) is 58.2. The fourth-order valence-electron chi connectivity index (χ4n) is 25.1. The van der Waals surface area contributed by atoms with Crippen molar-refractivity contribution in [3.05, 3.63) is 95.1 Å². The monoisotopic (exact) mass is 1260 g/mol. The highest BCUT2D eigenvalue weighted by molar-refractivity contribution is 5.88. The smallest absolute Gasteiger partial charge is 0.330 e. The highest BCUT2D eigenvalue weighted by atomic mass is 16.5. The van der Waals surface area contributed by atoms with Gasteiger partial charge in [-0.05, 0) is 243 Å². The summed E-state index contributed by atoms with van der Waals surface area (Å²) in [4.78, 5) is 53.5. The Morgan fingerprint density at radius 3 is 1.12 bits per heavy atom. The molecular weight excluding hydrogens is 1150 g/mol. The predicted octanol–water partition coefficient (Wildman–Crippen LogP) is 17.1. The van der Waals surface area contributed by atoms with E-state index in [2.05, 4.69) is 109 Å². The van der Waals surface area contributed by atoms with Crippen LogP contribution in [0.4, 0.5) is 0 Å². The SMILES string of the molecule is CC1(C)CC[C@]2(C(=O)O)CC[C@]3(COC(=O)/C=C/c4ccc(O)cc4)C(=CC[C@@H]4[C@@]5(C)CC[C@H](O)C(C)(C)[C@@H]5CC[C@]43C)[C@]2(C)C1.CC1(C)CC[C@]2(C(=O)O)CC[C@]3(COC(=O)/C=C\c4ccc(O)cc4)C(=CC[C@@H]4[C@@]5(C)CC[C@H](O)C(C)(C)[C@@H]5CC[C@]43C)[C@]2(C)C1. The van der Waals surface area contributed by atoms with Gasteiger partial charge in [-0.15, -0.1) is 0 Å². The van der Waals surface area contributed by atoms with Gasteiger partial charge in [0.05, 0.1) is 23.0 Å². The van der Waals surface area contributed by atoms with Crippen LogP contribution in [-0.2, 0) is 28.7 Å². The number of carbonyl (C=O) groups is 4. The number of phenols is 2. The first-order valence-corrected chi connectivity index (χ1v) is 35.3. The third-order valence-electron chi connectivity index (χ3n) is 30.1. The molecule has 6 N–H and O–H groups in total. The van der Waals surface area contributed by atoms with Gasteiger partial charge in [-0.3, -0.25) is 9.59 Å². The Hall–Kier alpha value is -5.20. The second-order valence-electron chi connectivity index (χ2n) is 35.9. The van der Waals surface area contributed by atoms with Gasteiger partial charge in [0.25, 0.3) is 0 Å². The average Bonchev–Trinajstić information content (AvgIpc) is 0.665. The van der Waals surface area contributed by atoms with Crippen LogP contribution in [0.5, 0.6) is 11.5 Å². The van der Waals surface area contributed by atoms with Crippen molar-refractivity contribution >= 4 is 36.0 Å². The van der Waals surface area contributed by atoms with Crippen molar-refractivity contribution in [2.75, 3.05) is 13.2 Å². The van der Waals surface area contributed by atoms with E-state index >= 15 is 0 Å². The number of fused-ring (bicyclic) bond motifs is 14. The van der Waals surface area contributed by atoms with Crippen LogP contribution in [-0.4, -0.2) is 79.9 Å². The van der Waals surface area contributed by atoms with Gasteiger partial charge in [0.2, 0.25) is 0 Å². The summed E-state index contributed by atoms with van der Waals surface area (Å²) in [5.41, 5.74) is -0.385. The van der Waals surface area contributed by atoms with Crippen LogP contribution in [0.2, 0.25) is 0 Å². The van der Waals surface area contributed by atoms with Gasteiger partial charge in [0, 0.05) is 33.8 Å². The van der Waals surface area contributed by atoms with Crippen LogP contribution in [0.15, 0.2) is 84.0 Å². The van der Waals surface area contributed by atoms with Crippen molar-refractivity contribution in [3.8, 4) is 11.5 Å². The van der Waals surface area contributed by atoms with Crippen LogP contribution in [0.1, 0.15) is 236 Å². The minimum Gasteiger partial charge on any atom is -0.508 e. The molecule has 0 aliphatic heterocycles. The topological polar surface area (TPSA) is 208 Å². The molecule has 0 saturated heterocycles. The summed E-state index contributed by atoms with van der Waals surface area (Å²) >= 11 is 0. The Morgan fingerprint density at radius 2 is 0.783 bits per heavy atom. The van der Waals surface area contributed by atoms with Crippen LogP contribution in [0.25, 0.3) is 12.2 Å². The Labute approximate surface area is 549 Å². The molecule has 504 valence electrons. The lowest BCUT2D eigenvalue weighted by Gasteiger charge is -2.73. The van der Waals surface area contributed by atoms with Gasteiger partial charge in [0.1, 0.15) is 24.7 Å². The number of aliphatic carboxylic acids is 2. The van der Waals surface area contributed by atoms with Gasteiger partial charge in [-0.25, -0.2) is 9.59 Å². The maximum Gasteiger partial charge on any atom is 0.330 e. The molecule has 10 aliphatic carbocycles. The molecular formula is C80H112O12. The van der Waals surface area contributed by atoms with Crippen molar-refractivity contribution in [2.45, 2.75) is 238 Å². The molecule has 0 heterocycles. The number of allylic oxidation sites excluding steroid dienone is 2. The predicted molar refractivity (Wildman–Crippen MR) is 359 cm³/mol. The molecule has 0 radical (unpaired) electrons. The number of aliphatic hydroxyl groups is 2. The number of ether oxygens (including phenoxy) is 2. The number of esters is 2. The van der Waals surface area contributed by atoms with Crippen LogP contribution < -0.4 is 0 Å². The van der Waals surface area contributed by atoms with E-state index < -0.39 is 56.4 Å². The third-order valence-corrected chi connectivity index (χ3v) is 30.1. The van der Waals surface area contributed by atoms with E-state index in [1.54, 1.807) is 60.7 Å². The van der Waals surface area contributed by atoms with Gasteiger partial charge in [-0.2, -0.15) is 0 Å². The second-order valence-corrected chi connectivity index (χ2v) is 35.9. The minimum absolute atomic E-state index is 0.00603. The summed E-state index contributed by atoms with van der Waals surface area (Å²) < 4.78 is 12.6. The molecule has 12 heteroatoms. The van der Waals surface area contributed by atoms with Gasteiger partial charge in [-0.1, -0.05) is 144 Å². The molecule has 92 heavy (non-hydrogen) atoms. The summed E-state index contributed by atoms with van der Waals surface area (Å²) in [6, 6.07) is 13.4. The normalized spacial score (nSPS) is 42.5. The molecule has 2 aromatic rings. The number of hydrogen-bond donors (Lipinski definition) is 6. The summed E-state index contributed by atoms with van der Waals surface area (Å²) in [5.74, 6) is -0.392. The highest BCUT2D eigenvalue weighted by Crippen LogP contribution is 2.81. The zero-order chi connectivity index (χ0) is 67.1. The maximum absolute atomic E-state index is 13.4. The molecule has 12 nitrogen and oxygen atoms in total. The molecule has 0 unspecified atom stereocenters. The number of carboxylic acids is 2.